The summed E-state index contributed by atoms with van der Waals surface area (Å²) in [5.74, 6) is -1.67. The molecular formula is C23H18Cl2F3N3O5S. The average molecular weight is 576 g/mol. The third-order valence-corrected chi connectivity index (χ3v) is 7.85. The summed E-state index contributed by atoms with van der Waals surface area (Å²) in [7, 11) is -3.51. The van der Waals surface area contributed by atoms with E-state index in [9.17, 15) is 31.2 Å². The molecule has 0 bridgehead atoms. The summed E-state index contributed by atoms with van der Waals surface area (Å²) in [5.41, 5.74) is -2.98. The fourth-order valence-electron chi connectivity index (χ4n) is 4.87. The monoisotopic (exact) mass is 575 g/mol. The summed E-state index contributed by atoms with van der Waals surface area (Å²) in [6.07, 6.45) is -4.58. The Morgan fingerprint density at radius 3 is 2.41 bits per heavy atom. The zero-order valence-electron chi connectivity index (χ0n) is 19.0. The van der Waals surface area contributed by atoms with Gasteiger partial charge in [-0.2, -0.15) is 13.2 Å². The van der Waals surface area contributed by atoms with Gasteiger partial charge < -0.3 is 15.1 Å². The van der Waals surface area contributed by atoms with Crippen molar-refractivity contribution < 1.29 is 36.0 Å². The van der Waals surface area contributed by atoms with E-state index in [-0.39, 0.29) is 45.5 Å². The summed E-state index contributed by atoms with van der Waals surface area (Å²) in [6, 6.07) is 8.09. The number of alkyl halides is 3. The summed E-state index contributed by atoms with van der Waals surface area (Å²) in [4.78, 5) is 31.3. The Morgan fingerprint density at radius 2 is 1.81 bits per heavy atom. The first-order chi connectivity index (χ1) is 17.1. The second kappa shape index (κ2) is 8.34. The van der Waals surface area contributed by atoms with Gasteiger partial charge in [0.2, 0.25) is 5.91 Å². The van der Waals surface area contributed by atoms with Crippen molar-refractivity contribution in [3.63, 3.8) is 0 Å². The van der Waals surface area contributed by atoms with E-state index >= 15 is 0 Å². The number of oxime groups is 1. The molecule has 2 amide bonds. The van der Waals surface area contributed by atoms with Gasteiger partial charge in [-0.05, 0) is 29.8 Å². The van der Waals surface area contributed by atoms with Crippen LogP contribution in [0.1, 0.15) is 33.5 Å². The number of nitrogens with one attached hydrogen (secondary N) is 1. The van der Waals surface area contributed by atoms with E-state index in [4.69, 9.17) is 28.0 Å². The molecule has 8 nitrogen and oxygen atoms in total. The maximum Gasteiger partial charge on any atom is 0.435 e. The number of carbonyl (C=O) groups excluding carboxylic acids is 2. The fourth-order valence-corrected chi connectivity index (χ4v) is 6.03. The molecule has 1 spiro atoms. The number of likely N-dealkylation sites (tertiary alicyclic amines) is 1. The summed E-state index contributed by atoms with van der Waals surface area (Å²) >= 11 is 11.9. The average Bonchev–Trinajstić information content (AvgIpc) is 3.31. The van der Waals surface area contributed by atoms with Crippen molar-refractivity contribution in [3.8, 4) is 0 Å². The van der Waals surface area contributed by atoms with Gasteiger partial charge in [-0.15, -0.1) is 0 Å². The van der Waals surface area contributed by atoms with Crippen molar-refractivity contribution in [2.24, 2.45) is 5.16 Å². The third-order valence-electron chi connectivity index (χ3n) is 6.64. The smallest absolute Gasteiger partial charge is 0.374 e. The van der Waals surface area contributed by atoms with Crippen LogP contribution in [0.3, 0.4) is 0 Å². The van der Waals surface area contributed by atoms with E-state index in [1.54, 1.807) is 6.07 Å². The lowest BCUT2D eigenvalue weighted by atomic mass is 9.81. The summed E-state index contributed by atoms with van der Waals surface area (Å²) in [6.45, 7) is 0.159. The van der Waals surface area contributed by atoms with Crippen molar-refractivity contribution >= 4 is 50.6 Å². The molecule has 14 heteroatoms. The number of nitrogens with zero attached hydrogens (tertiary/aromatic N) is 2. The van der Waals surface area contributed by atoms with Gasteiger partial charge in [0, 0.05) is 52.5 Å². The molecule has 3 aliphatic rings. The maximum atomic E-state index is 14.3. The summed E-state index contributed by atoms with van der Waals surface area (Å²) < 4.78 is 65.7. The van der Waals surface area contributed by atoms with Gasteiger partial charge in [-0.25, -0.2) is 8.42 Å². The highest BCUT2D eigenvalue weighted by molar-refractivity contribution is 7.91. The lowest BCUT2D eigenvalue weighted by Crippen LogP contribution is -2.67. The van der Waals surface area contributed by atoms with Crippen molar-refractivity contribution in [1.82, 2.24) is 10.2 Å². The van der Waals surface area contributed by atoms with Crippen LogP contribution in [0, 0.1) is 0 Å². The zero-order valence-corrected chi connectivity index (χ0v) is 21.4. The van der Waals surface area contributed by atoms with Crippen LogP contribution in [0.5, 0.6) is 0 Å². The Balaban J connectivity index is 1.41. The largest absolute Gasteiger partial charge is 0.435 e. The Morgan fingerprint density at radius 1 is 1.16 bits per heavy atom. The number of fused-ring (bicyclic) bond motifs is 2. The highest BCUT2D eigenvalue weighted by atomic mass is 35.5. The van der Waals surface area contributed by atoms with Gasteiger partial charge >= 0.3 is 6.18 Å². The number of sulfone groups is 1. The molecule has 2 aromatic rings. The molecule has 1 saturated heterocycles. The molecule has 1 unspecified atom stereocenters. The molecule has 2 aromatic carbocycles. The zero-order chi connectivity index (χ0) is 27.0. The van der Waals surface area contributed by atoms with Crippen LogP contribution in [0.15, 0.2) is 41.6 Å². The minimum atomic E-state index is -4.86. The lowest BCUT2D eigenvalue weighted by Gasteiger charge is -2.48. The van der Waals surface area contributed by atoms with Crippen molar-refractivity contribution in [3.05, 3.63) is 68.7 Å². The molecule has 196 valence electrons. The van der Waals surface area contributed by atoms with E-state index in [2.05, 4.69) is 10.5 Å². The molecular weight excluding hydrogens is 558 g/mol. The van der Waals surface area contributed by atoms with Gasteiger partial charge in [0.1, 0.15) is 11.3 Å². The van der Waals surface area contributed by atoms with E-state index in [0.29, 0.717) is 5.56 Å². The van der Waals surface area contributed by atoms with Crippen LogP contribution in [0.4, 0.5) is 13.2 Å². The molecule has 1 N–H and O–H groups in total. The van der Waals surface area contributed by atoms with Crippen LogP contribution in [-0.2, 0) is 30.6 Å². The SMILES string of the molecule is CS(=O)(=O)CC(=O)N1CC2(C1)NC(=O)c1cc(C3=NOC(c4cc(Cl)cc(Cl)c4)(C(F)(F)F)C3)ccc12. The van der Waals surface area contributed by atoms with E-state index in [1.165, 1.54) is 23.1 Å². The molecule has 0 saturated carbocycles. The first-order valence-electron chi connectivity index (χ1n) is 10.8. The number of hydrogen-bond donors (Lipinski definition) is 1. The number of hydrogen-bond acceptors (Lipinski definition) is 6. The molecule has 37 heavy (non-hydrogen) atoms. The van der Waals surface area contributed by atoms with E-state index < -0.39 is 51.1 Å². The fraction of sp³-hybridized carbons (Fsp3) is 0.348. The van der Waals surface area contributed by atoms with Crippen LogP contribution in [0.2, 0.25) is 10.0 Å². The van der Waals surface area contributed by atoms with Gasteiger partial charge in [0.25, 0.3) is 11.5 Å². The van der Waals surface area contributed by atoms with Crippen LogP contribution in [-0.4, -0.2) is 62.1 Å². The maximum absolute atomic E-state index is 14.3. The number of benzene rings is 2. The second-order valence-electron chi connectivity index (χ2n) is 9.41. The topological polar surface area (TPSA) is 105 Å². The van der Waals surface area contributed by atoms with Crippen LogP contribution >= 0.6 is 23.2 Å². The number of carbonyl (C=O) groups is 2. The first-order valence-corrected chi connectivity index (χ1v) is 13.7. The Hall–Kier alpha value is -2.83. The predicted octanol–water partition coefficient (Wildman–Crippen LogP) is 3.40. The van der Waals surface area contributed by atoms with Crippen molar-refractivity contribution in [1.29, 1.82) is 0 Å². The quantitative estimate of drug-likeness (QED) is 0.601. The van der Waals surface area contributed by atoms with Gasteiger partial charge in [-0.3, -0.25) is 9.59 Å². The molecule has 0 aromatic heterocycles. The van der Waals surface area contributed by atoms with Gasteiger partial charge in [0.15, 0.2) is 9.84 Å². The highest BCUT2D eigenvalue weighted by Gasteiger charge is 2.62. The lowest BCUT2D eigenvalue weighted by molar-refractivity contribution is -0.275. The van der Waals surface area contributed by atoms with Gasteiger partial charge in [0.05, 0.1) is 5.71 Å². The van der Waals surface area contributed by atoms with Crippen molar-refractivity contribution in [2.75, 3.05) is 25.1 Å². The van der Waals surface area contributed by atoms with Crippen molar-refractivity contribution in [2.45, 2.75) is 23.7 Å². The predicted molar refractivity (Wildman–Crippen MR) is 128 cm³/mol. The Labute approximate surface area is 219 Å². The van der Waals surface area contributed by atoms with E-state index in [1.807, 2.05) is 0 Å². The minimum absolute atomic E-state index is 0.00670. The number of rotatable bonds is 4. The molecule has 5 rings (SSSR count). The standard InChI is InChI=1S/C23H18Cl2F3N3O5S/c1-37(34,35)9-19(32)31-10-21(11-31)17-3-2-12(4-16(17)20(33)29-21)18-8-22(36-30-18,23(26,27)28)13-5-14(24)7-15(25)6-13/h2-7H,8-11H2,1H3,(H,29,33). The Kier molecular flexibility index (Phi) is 5.81. The first kappa shape index (κ1) is 25.8. The summed E-state index contributed by atoms with van der Waals surface area (Å²) in [5, 5.41) is 6.55. The van der Waals surface area contributed by atoms with Gasteiger partial charge in [-0.1, -0.05) is 40.5 Å². The third kappa shape index (κ3) is 4.34. The molecule has 1 fully saturated rings. The minimum Gasteiger partial charge on any atom is -0.374 e. The number of halogens is 5. The number of amides is 2. The Bertz CT molecular complexity index is 1470. The highest BCUT2D eigenvalue weighted by Crippen LogP contribution is 2.50. The molecule has 3 aliphatic heterocycles. The molecule has 3 heterocycles. The second-order valence-corrected chi connectivity index (χ2v) is 12.4. The molecule has 0 aliphatic carbocycles. The normalized spacial score (nSPS) is 22.3. The van der Waals surface area contributed by atoms with Crippen LogP contribution in [0.25, 0.3) is 0 Å². The van der Waals surface area contributed by atoms with E-state index in [0.717, 1.165) is 18.4 Å². The molecule has 0 radical (unpaired) electrons. The molecule has 1 atom stereocenters. The van der Waals surface area contributed by atoms with Crippen LogP contribution < -0.4 is 5.32 Å².